The number of carbonyl (C=O) groups excluding carboxylic acids is 2. The third-order valence-corrected chi connectivity index (χ3v) is 4.51. The normalized spacial score (nSPS) is 10.4. The van der Waals surface area contributed by atoms with Crippen LogP contribution in [0.2, 0.25) is 0 Å². The van der Waals surface area contributed by atoms with Crippen molar-refractivity contribution in [1.29, 1.82) is 0 Å². The Kier molecular flexibility index (Phi) is 6.12. The molecule has 0 atom stereocenters. The van der Waals surface area contributed by atoms with Gasteiger partial charge in [0, 0.05) is 10.1 Å². The number of hydrogen-bond donors (Lipinski definition) is 2. The number of nitrogens with one attached hydrogen (secondary N) is 2. The van der Waals surface area contributed by atoms with Crippen molar-refractivity contribution in [3.05, 3.63) is 75.4 Å². The molecule has 3 aromatic rings. The number of amides is 2. The summed E-state index contributed by atoms with van der Waals surface area (Å²) < 4.78 is 15.2. The number of aromatic nitrogens is 3. The molecule has 1 aromatic heterocycles. The molecule has 0 spiro atoms. The maximum absolute atomic E-state index is 13.3. The predicted molar refractivity (Wildman–Crippen MR) is 105 cm³/mol. The first kappa shape index (κ1) is 19.0. The van der Waals surface area contributed by atoms with Crippen LogP contribution in [0.15, 0.2) is 54.9 Å². The number of benzene rings is 2. The number of carbonyl (C=O) groups is 2. The lowest BCUT2D eigenvalue weighted by molar-refractivity contribution is -0.122. The van der Waals surface area contributed by atoms with E-state index in [4.69, 9.17) is 0 Å². The highest BCUT2D eigenvalue weighted by molar-refractivity contribution is 14.1. The van der Waals surface area contributed by atoms with Crippen LogP contribution >= 0.6 is 22.6 Å². The Balaban J connectivity index is 1.55. The molecule has 2 N–H and O–H groups in total. The van der Waals surface area contributed by atoms with Gasteiger partial charge < -0.3 is 5.32 Å². The molecule has 7 nitrogen and oxygen atoms in total. The van der Waals surface area contributed by atoms with E-state index in [-0.39, 0.29) is 24.0 Å². The Morgan fingerprint density at radius 2 is 1.93 bits per heavy atom. The van der Waals surface area contributed by atoms with Crippen molar-refractivity contribution in [2.45, 2.75) is 13.1 Å². The number of rotatable bonds is 6. The molecule has 0 aliphatic carbocycles. The summed E-state index contributed by atoms with van der Waals surface area (Å²) in [4.78, 5) is 28.2. The van der Waals surface area contributed by atoms with Gasteiger partial charge in [-0.25, -0.2) is 14.1 Å². The standard InChI is InChI=1S/C18H15FIN5O2/c19-13-6-7-15(20)14(8-13)17(27)23-18-22-11-25(24-18)10-16(26)21-9-12-4-2-1-3-5-12/h1-8,11H,9-10H2,(H,21,26)(H,23,24,27). The summed E-state index contributed by atoms with van der Waals surface area (Å²) in [5, 5.41) is 9.31. The molecule has 138 valence electrons. The van der Waals surface area contributed by atoms with E-state index < -0.39 is 11.7 Å². The minimum absolute atomic E-state index is 0.0345. The minimum atomic E-state index is -0.523. The number of anilines is 1. The number of halogens is 2. The molecule has 3 rings (SSSR count). The van der Waals surface area contributed by atoms with Crippen molar-refractivity contribution >= 4 is 40.4 Å². The fraction of sp³-hybridized carbons (Fsp3) is 0.111. The molecule has 0 saturated carbocycles. The van der Waals surface area contributed by atoms with Gasteiger partial charge in [0.05, 0.1) is 5.56 Å². The van der Waals surface area contributed by atoms with E-state index in [1.807, 2.05) is 52.9 Å². The van der Waals surface area contributed by atoms with Crippen molar-refractivity contribution in [3.63, 3.8) is 0 Å². The lowest BCUT2D eigenvalue weighted by Gasteiger charge is -2.05. The van der Waals surface area contributed by atoms with Crippen molar-refractivity contribution in [2.75, 3.05) is 5.32 Å². The van der Waals surface area contributed by atoms with E-state index in [0.29, 0.717) is 10.1 Å². The molecule has 1 heterocycles. The largest absolute Gasteiger partial charge is 0.350 e. The second-order valence-corrected chi connectivity index (χ2v) is 6.77. The molecule has 2 aromatic carbocycles. The summed E-state index contributed by atoms with van der Waals surface area (Å²) in [5.74, 6) is -1.23. The van der Waals surface area contributed by atoms with Gasteiger partial charge >= 0.3 is 0 Å². The first-order valence-corrected chi connectivity index (χ1v) is 9.05. The van der Waals surface area contributed by atoms with Gasteiger partial charge in [-0.15, -0.1) is 5.10 Å². The summed E-state index contributed by atoms with van der Waals surface area (Å²) in [6.45, 7) is 0.378. The smallest absolute Gasteiger partial charge is 0.259 e. The van der Waals surface area contributed by atoms with Crippen LogP contribution in [0, 0.1) is 9.39 Å². The molecule has 2 amide bonds. The summed E-state index contributed by atoms with van der Waals surface area (Å²) in [6, 6.07) is 13.5. The van der Waals surface area contributed by atoms with Crippen molar-refractivity contribution in [2.24, 2.45) is 0 Å². The molecule has 0 aliphatic rings. The van der Waals surface area contributed by atoms with Gasteiger partial charge in [-0.3, -0.25) is 14.9 Å². The molecule has 0 radical (unpaired) electrons. The van der Waals surface area contributed by atoms with Gasteiger partial charge in [0.15, 0.2) is 0 Å². The molecule has 0 bridgehead atoms. The molecular formula is C18H15FIN5O2. The van der Waals surface area contributed by atoms with E-state index >= 15 is 0 Å². The third-order valence-electron chi connectivity index (χ3n) is 3.57. The lowest BCUT2D eigenvalue weighted by atomic mass is 10.2. The fourth-order valence-corrected chi connectivity index (χ4v) is 2.85. The van der Waals surface area contributed by atoms with E-state index in [2.05, 4.69) is 20.7 Å². The highest BCUT2D eigenvalue weighted by Gasteiger charge is 2.14. The average molecular weight is 479 g/mol. The maximum atomic E-state index is 13.3. The molecule has 0 aliphatic heterocycles. The summed E-state index contributed by atoms with van der Waals surface area (Å²) in [7, 11) is 0. The van der Waals surface area contributed by atoms with Crippen LogP contribution in [0.1, 0.15) is 15.9 Å². The van der Waals surface area contributed by atoms with Gasteiger partial charge in [0.2, 0.25) is 11.9 Å². The molecule has 0 fully saturated rings. The van der Waals surface area contributed by atoms with E-state index in [1.165, 1.54) is 23.1 Å². The van der Waals surface area contributed by atoms with E-state index in [0.717, 1.165) is 11.6 Å². The van der Waals surface area contributed by atoms with E-state index in [9.17, 15) is 14.0 Å². The first-order chi connectivity index (χ1) is 13.0. The van der Waals surface area contributed by atoms with Crippen LogP contribution in [0.25, 0.3) is 0 Å². The van der Waals surface area contributed by atoms with Crippen molar-refractivity contribution < 1.29 is 14.0 Å². The van der Waals surface area contributed by atoms with Crippen LogP contribution in [0.3, 0.4) is 0 Å². The SMILES string of the molecule is O=C(Cn1cnc(NC(=O)c2cc(F)ccc2I)n1)NCc1ccccc1. The van der Waals surface area contributed by atoms with Crippen LogP contribution in [0.5, 0.6) is 0 Å². The monoisotopic (exact) mass is 479 g/mol. The average Bonchev–Trinajstić information content (AvgIpc) is 3.09. The zero-order valence-electron chi connectivity index (χ0n) is 14.0. The third kappa shape index (κ3) is 5.33. The fourth-order valence-electron chi connectivity index (χ4n) is 2.27. The van der Waals surface area contributed by atoms with Crippen LogP contribution in [0.4, 0.5) is 10.3 Å². The summed E-state index contributed by atoms with van der Waals surface area (Å²) >= 11 is 1.94. The summed E-state index contributed by atoms with van der Waals surface area (Å²) in [6.07, 6.45) is 1.34. The molecular weight excluding hydrogens is 464 g/mol. The Morgan fingerprint density at radius 3 is 2.70 bits per heavy atom. The van der Waals surface area contributed by atoms with Gasteiger partial charge in [-0.2, -0.15) is 0 Å². The van der Waals surface area contributed by atoms with E-state index in [1.54, 1.807) is 0 Å². The quantitative estimate of drug-likeness (QED) is 0.533. The molecule has 0 saturated heterocycles. The second-order valence-electron chi connectivity index (χ2n) is 5.61. The van der Waals surface area contributed by atoms with Crippen molar-refractivity contribution in [1.82, 2.24) is 20.1 Å². The Hall–Kier alpha value is -2.82. The summed E-state index contributed by atoms with van der Waals surface area (Å²) in [5.41, 5.74) is 1.18. The second kappa shape index (κ2) is 8.71. The topological polar surface area (TPSA) is 88.9 Å². The molecule has 0 unspecified atom stereocenters. The highest BCUT2D eigenvalue weighted by Crippen LogP contribution is 2.15. The predicted octanol–water partition coefficient (Wildman–Crippen LogP) is 2.59. The van der Waals surface area contributed by atoms with Crippen LogP contribution in [-0.4, -0.2) is 26.6 Å². The number of nitrogens with zero attached hydrogens (tertiary/aromatic N) is 3. The number of hydrogen-bond acceptors (Lipinski definition) is 4. The zero-order valence-corrected chi connectivity index (χ0v) is 16.2. The van der Waals surface area contributed by atoms with Gasteiger partial charge in [-0.1, -0.05) is 30.3 Å². The van der Waals surface area contributed by atoms with Gasteiger partial charge in [-0.05, 0) is 46.4 Å². The highest BCUT2D eigenvalue weighted by atomic mass is 127. The molecule has 27 heavy (non-hydrogen) atoms. The first-order valence-electron chi connectivity index (χ1n) is 7.98. The van der Waals surface area contributed by atoms with Crippen molar-refractivity contribution in [3.8, 4) is 0 Å². The maximum Gasteiger partial charge on any atom is 0.259 e. The Labute approximate surface area is 168 Å². The lowest BCUT2D eigenvalue weighted by Crippen LogP contribution is -2.27. The Morgan fingerprint density at radius 1 is 1.15 bits per heavy atom. The Bertz CT molecular complexity index is 961. The van der Waals surface area contributed by atoms with Crippen LogP contribution < -0.4 is 10.6 Å². The van der Waals surface area contributed by atoms with Crippen LogP contribution in [-0.2, 0) is 17.9 Å². The zero-order chi connectivity index (χ0) is 19.2. The minimum Gasteiger partial charge on any atom is -0.350 e. The van der Waals surface area contributed by atoms with Gasteiger partial charge in [0.25, 0.3) is 5.91 Å². The molecule has 9 heteroatoms. The van der Waals surface area contributed by atoms with Gasteiger partial charge in [0.1, 0.15) is 18.7 Å².